The van der Waals surface area contributed by atoms with E-state index in [1.165, 1.54) is 0 Å². The summed E-state index contributed by atoms with van der Waals surface area (Å²) in [4.78, 5) is 20.8. The third-order valence-corrected chi connectivity index (χ3v) is 2.75. The molecule has 0 aliphatic rings. The molecule has 0 aromatic carbocycles. The largest absolute Gasteiger partial charge is 0.359 e. The molecule has 0 spiro atoms. The van der Waals surface area contributed by atoms with Gasteiger partial charge in [0.05, 0.1) is 4.47 Å². The molecule has 0 radical (unpaired) electrons. The molecule has 16 heavy (non-hydrogen) atoms. The van der Waals surface area contributed by atoms with Gasteiger partial charge in [0.1, 0.15) is 5.82 Å². The van der Waals surface area contributed by atoms with E-state index in [-0.39, 0.29) is 11.2 Å². The van der Waals surface area contributed by atoms with Crippen molar-refractivity contribution in [1.82, 2.24) is 15.3 Å². The molecule has 0 unspecified atom stereocenters. The number of amides is 1. The van der Waals surface area contributed by atoms with E-state index in [1.807, 2.05) is 11.9 Å². The van der Waals surface area contributed by atoms with Gasteiger partial charge < -0.3 is 10.2 Å². The fraction of sp³-hybridized carbons (Fsp3) is 0.444. The van der Waals surface area contributed by atoms with Crippen molar-refractivity contribution in [2.24, 2.45) is 0 Å². The van der Waals surface area contributed by atoms with Crippen molar-refractivity contribution in [2.45, 2.75) is 6.42 Å². The minimum absolute atomic E-state index is 0.0110. The molecule has 88 valence electrons. The number of halogens is 2. The Morgan fingerprint density at radius 1 is 1.69 bits per heavy atom. The summed E-state index contributed by atoms with van der Waals surface area (Å²) in [6.07, 6.45) is 1.99. The van der Waals surface area contributed by atoms with Gasteiger partial charge in [-0.3, -0.25) is 4.79 Å². The molecular weight excluding hydrogens is 295 g/mol. The molecule has 0 fully saturated rings. The van der Waals surface area contributed by atoms with E-state index >= 15 is 0 Å². The van der Waals surface area contributed by atoms with Gasteiger partial charge in [-0.05, 0) is 27.5 Å². The van der Waals surface area contributed by atoms with E-state index in [0.717, 1.165) is 4.47 Å². The van der Waals surface area contributed by atoms with E-state index in [2.05, 4.69) is 31.2 Å². The van der Waals surface area contributed by atoms with Crippen LogP contribution in [-0.2, 0) is 4.79 Å². The van der Waals surface area contributed by atoms with Crippen molar-refractivity contribution in [1.29, 1.82) is 0 Å². The number of nitrogens with zero attached hydrogens (tertiary/aromatic N) is 3. The molecule has 1 amide bonds. The highest BCUT2D eigenvalue weighted by Crippen LogP contribution is 2.23. The number of aromatic nitrogens is 2. The van der Waals surface area contributed by atoms with Gasteiger partial charge in [-0.25, -0.2) is 4.98 Å². The van der Waals surface area contributed by atoms with Gasteiger partial charge in [0.2, 0.25) is 11.2 Å². The smallest absolute Gasteiger partial charge is 0.224 e. The van der Waals surface area contributed by atoms with Crippen molar-refractivity contribution in [3.05, 3.63) is 16.0 Å². The van der Waals surface area contributed by atoms with Gasteiger partial charge in [-0.2, -0.15) is 4.98 Å². The van der Waals surface area contributed by atoms with Crippen LogP contribution in [0.4, 0.5) is 5.82 Å². The maximum atomic E-state index is 11.1. The standard InChI is InChI=1S/C9H12BrClN4O/c1-12-7(16)3-4-15(2)8-6(10)5-13-9(11)14-8/h5H,3-4H2,1-2H3,(H,12,16). The normalized spacial score (nSPS) is 10.0. The third-order valence-electron chi connectivity index (χ3n) is 2.01. The van der Waals surface area contributed by atoms with Gasteiger partial charge in [-0.15, -0.1) is 0 Å². The Balaban J connectivity index is 2.68. The Morgan fingerprint density at radius 3 is 3.00 bits per heavy atom. The van der Waals surface area contributed by atoms with Crippen LogP contribution in [0, 0.1) is 0 Å². The maximum Gasteiger partial charge on any atom is 0.224 e. The molecule has 7 heteroatoms. The number of anilines is 1. The minimum atomic E-state index is -0.0110. The van der Waals surface area contributed by atoms with E-state index in [9.17, 15) is 4.79 Å². The minimum Gasteiger partial charge on any atom is -0.359 e. The first kappa shape index (κ1) is 13.2. The van der Waals surface area contributed by atoms with E-state index in [0.29, 0.717) is 18.8 Å². The Bertz CT molecular complexity index is 388. The zero-order valence-electron chi connectivity index (χ0n) is 9.00. The fourth-order valence-electron chi connectivity index (χ4n) is 1.11. The van der Waals surface area contributed by atoms with Crippen molar-refractivity contribution in [3.8, 4) is 0 Å². The van der Waals surface area contributed by atoms with Gasteiger partial charge in [0.15, 0.2) is 0 Å². The molecule has 5 nitrogen and oxygen atoms in total. The quantitative estimate of drug-likeness (QED) is 0.856. The number of hydrogen-bond acceptors (Lipinski definition) is 4. The number of nitrogens with one attached hydrogen (secondary N) is 1. The zero-order valence-corrected chi connectivity index (χ0v) is 11.3. The highest BCUT2D eigenvalue weighted by molar-refractivity contribution is 9.10. The Hall–Kier alpha value is -0.880. The molecule has 1 rings (SSSR count). The van der Waals surface area contributed by atoms with Gasteiger partial charge >= 0.3 is 0 Å². The zero-order chi connectivity index (χ0) is 12.1. The summed E-state index contributed by atoms with van der Waals surface area (Å²) < 4.78 is 0.747. The lowest BCUT2D eigenvalue weighted by molar-refractivity contribution is -0.120. The topological polar surface area (TPSA) is 58.1 Å². The summed E-state index contributed by atoms with van der Waals surface area (Å²) in [5.41, 5.74) is 0. The Morgan fingerprint density at radius 2 is 2.38 bits per heavy atom. The molecule has 1 heterocycles. The van der Waals surface area contributed by atoms with Crippen LogP contribution in [0.15, 0.2) is 10.7 Å². The van der Waals surface area contributed by atoms with Crippen LogP contribution in [-0.4, -0.2) is 36.5 Å². The van der Waals surface area contributed by atoms with E-state index < -0.39 is 0 Å². The van der Waals surface area contributed by atoms with Crippen LogP contribution in [0.5, 0.6) is 0 Å². The van der Waals surface area contributed by atoms with Gasteiger partial charge in [-0.1, -0.05) is 0 Å². The van der Waals surface area contributed by atoms with Crippen LogP contribution in [0.25, 0.3) is 0 Å². The molecule has 0 aliphatic carbocycles. The number of rotatable bonds is 4. The summed E-state index contributed by atoms with van der Waals surface area (Å²) in [5.74, 6) is 0.659. The average molecular weight is 308 g/mol. The molecule has 1 aromatic heterocycles. The average Bonchev–Trinajstić information content (AvgIpc) is 2.28. The number of hydrogen-bond donors (Lipinski definition) is 1. The van der Waals surface area contributed by atoms with Crippen LogP contribution >= 0.6 is 27.5 Å². The van der Waals surface area contributed by atoms with Crippen molar-refractivity contribution < 1.29 is 4.79 Å². The van der Waals surface area contributed by atoms with Crippen molar-refractivity contribution in [3.63, 3.8) is 0 Å². The molecule has 0 bridgehead atoms. The number of carbonyl (C=O) groups excluding carboxylic acids is 1. The molecule has 0 atom stereocenters. The SMILES string of the molecule is CNC(=O)CCN(C)c1nc(Cl)ncc1Br. The summed E-state index contributed by atoms with van der Waals surface area (Å²) in [6.45, 7) is 0.561. The lowest BCUT2D eigenvalue weighted by Gasteiger charge is -2.18. The monoisotopic (exact) mass is 306 g/mol. The first-order valence-electron chi connectivity index (χ1n) is 4.64. The molecule has 1 aromatic rings. The third kappa shape index (κ3) is 3.61. The molecular formula is C9H12BrClN4O. The maximum absolute atomic E-state index is 11.1. The first-order valence-corrected chi connectivity index (χ1v) is 5.81. The number of carbonyl (C=O) groups is 1. The van der Waals surface area contributed by atoms with Crippen LogP contribution in [0.1, 0.15) is 6.42 Å². The second-order valence-corrected chi connectivity index (χ2v) is 4.35. The van der Waals surface area contributed by atoms with Crippen LogP contribution in [0.3, 0.4) is 0 Å². The second kappa shape index (κ2) is 6.00. The fourth-order valence-corrected chi connectivity index (χ4v) is 1.73. The summed E-state index contributed by atoms with van der Waals surface area (Å²) in [6, 6.07) is 0. The summed E-state index contributed by atoms with van der Waals surface area (Å²) in [7, 11) is 3.45. The van der Waals surface area contributed by atoms with Gasteiger partial charge in [0, 0.05) is 33.3 Å². The van der Waals surface area contributed by atoms with E-state index in [1.54, 1.807) is 13.2 Å². The van der Waals surface area contributed by atoms with Crippen LogP contribution in [0.2, 0.25) is 5.28 Å². The molecule has 0 saturated carbocycles. The molecule has 0 saturated heterocycles. The highest BCUT2D eigenvalue weighted by atomic mass is 79.9. The summed E-state index contributed by atoms with van der Waals surface area (Å²) >= 11 is 9.03. The lowest BCUT2D eigenvalue weighted by atomic mass is 10.3. The lowest BCUT2D eigenvalue weighted by Crippen LogP contribution is -2.27. The molecule has 0 aliphatic heterocycles. The predicted molar refractivity (Wildman–Crippen MR) is 66.7 cm³/mol. The van der Waals surface area contributed by atoms with Gasteiger partial charge in [0.25, 0.3) is 0 Å². The molecule has 1 N–H and O–H groups in total. The Labute approximate surface area is 107 Å². The highest BCUT2D eigenvalue weighted by Gasteiger charge is 2.10. The second-order valence-electron chi connectivity index (χ2n) is 3.16. The predicted octanol–water partition coefficient (Wildman–Crippen LogP) is 1.46. The van der Waals surface area contributed by atoms with Crippen LogP contribution < -0.4 is 10.2 Å². The Kier molecular flexibility index (Phi) is 4.95. The van der Waals surface area contributed by atoms with Crippen molar-refractivity contribution >= 4 is 39.3 Å². The van der Waals surface area contributed by atoms with Crippen molar-refractivity contribution in [2.75, 3.05) is 25.5 Å². The van der Waals surface area contributed by atoms with E-state index in [4.69, 9.17) is 11.6 Å². The summed E-state index contributed by atoms with van der Waals surface area (Å²) in [5, 5.41) is 2.75. The first-order chi connectivity index (χ1) is 7.54.